The maximum atomic E-state index is 10.7. The number of nitrogens with one attached hydrogen (secondary N) is 1. The van der Waals surface area contributed by atoms with Gasteiger partial charge in [0.15, 0.2) is 6.04 Å². The van der Waals surface area contributed by atoms with Crippen molar-refractivity contribution in [1.29, 1.82) is 0 Å². The summed E-state index contributed by atoms with van der Waals surface area (Å²) in [5, 5.41) is 0. The third kappa shape index (κ3) is 3.42. The third-order valence-electron chi connectivity index (χ3n) is 1.27. The van der Waals surface area contributed by atoms with Crippen LogP contribution in [0.1, 0.15) is 20.3 Å². The fourth-order valence-corrected chi connectivity index (χ4v) is 0.794. The fourth-order valence-electron chi connectivity index (χ4n) is 0.794. The van der Waals surface area contributed by atoms with E-state index >= 15 is 0 Å². The van der Waals surface area contributed by atoms with E-state index in [0.29, 0.717) is 5.92 Å². The van der Waals surface area contributed by atoms with Crippen LogP contribution in [0.15, 0.2) is 0 Å². The van der Waals surface area contributed by atoms with E-state index in [2.05, 4.69) is 11.2 Å². The minimum atomic E-state index is -0.218. The van der Waals surface area contributed by atoms with Crippen LogP contribution in [0.25, 0.3) is 0 Å². The van der Waals surface area contributed by atoms with Gasteiger partial charge in [-0.25, -0.2) is 5.84 Å². The lowest BCUT2D eigenvalue weighted by atomic mass is 10.0. The molecule has 6 N–H and O–H groups in total. The van der Waals surface area contributed by atoms with Gasteiger partial charge in [-0.2, -0.15) is 0 Å². The zero-order chi connectivity index (χ0) is 8.15. The van der Waals surface area contributed by atoms with Crippen molar-refractivity contribution < 1.29 is 10.5 Å². The summed E-state index contributed by atoms with van der Waals surface area (Å²) in [6.45, 7) is 4.09. The molecule has 0 unspecified atom stereocenters. The maximum Gasteiger partial charge on any atom is 0.291 e. The van der Waals surface area contributed by atoms with Crippen LogP contribution in [0.3, 0.4) is 0 Å². The summed E-state index contributed by atoms with van der Waals surface area (Å²) in [7, 11) is 0. The first kappa shape index (κ1) is 9.39. The first-order chi connectivity index (χ1) is 4.57. The fraction of sp³-hybridized carbons (Fsp3) is 0.833. The Kier molecular flexibility index (Phi) is 3.99. The highest BCUT2D eigenvalue weighted by Crippen LogP contribution is 2.00. The topological polar surface area (TPSA) is 82.8 Å². The zero-order valence-electron chi connectivity index (χ0n) is 6.55. The monoisotopic (exact) mass is 146 g/mol. The van der Waals surface area contributed by atoms with Crippen molar-refractivity contribution in [2.24, 2.45) is 11.8 Å². The number of carbonyl (C=O) groups excluding carboxylic acids is 1. The summed E-state index contributed by atoms with van der Waals surface area (Å²) in [6, 6.07) is -0.218. The second-order valence-corrected chi connectivity index (χ2v) is 2.84. The van der Waals surface area contributed by atoms with Gasteiger partial charge in [0.25, 0.3) is 5.91 Å². The van der Waals surface area contributed by atoms with Crippen molar-refractivity contribution in [3.8, 4) is 0 Å². The van der Waals surface area contributed by atoms with Crippen molar-refractivity contribution in [2.45, 2.75) is 26.3 Å². The van der Waals surface area contributed by atoms with E-state index in [1.165, 1.54) is 0 Å². The Morgan fingerprint density at radius 3 is 2.50 bits per heavy atom. The van der Waals surface area contributed by atoms with E-state index in [0.717, 1.165) is 6.42 Å². The van der Waals surface area contributed by atoms with Crippen LogP contribution in [0.5, 0.6) is 0 Å². The molecule has 0 radical (unpaired) electrons. The van der Waals surface area contributed by atoms with E-state index in [9.17, 15) is 4.79 Å². The van der Waals surface area contributed by atoms with Crippen LogP contribution in [0.2, 0.25) is 0 Å². The molecule has 60 valence electrons. The van der Waals surface area contributed by atoms with Crippen molar-refractivity contribution >= 4 is 5.91 Å². The SMILES string of the molecule is CC(C)C[C@H]([NH3+])C(=O)NN. The Morgan fingerprint density at radius 1 is 1.70 bits per heavy atom. The molecule has 4 nitrogen and oxygen atoms in total. The van der Waals surface area contributed by atoms with Gasteiger partial charge in [-0.15, -0.1) is 0 Å². The quantitative estimate of drug-likeness (QED) is 0.261. The number of hydrogen-bond donors (Lipinski definition) is 3. The zero-order valence-corrected chi connectivity index (χ0v) is 6.55. The van der Waals surface area contributed by atoms with Crippen LogP contribution < -0.4 is 17.0 Å². The molecular weight excluding hydrogens is 130 g/mol. The van der Waals surface area contributed by atoms with Crippen molar-refractivity contribution in [3.63, 3.8) is 0 Å². The average molecular weight is 146 g/mol. The summed E-state index contributed by atoms with van der Waals surface area (Å²) >= 11 is 0. The first-order valence-electron chi connectivity index (χ1n) is 3.41. The summed E-state index contributed by atoms with van der Waals surface area (Å²) in [4.78, 5) is 10.7. The molecule has 0 aromatic rings. The molecule has 1 amide bonds. The number of amides is 1. The van der Waals surface area contributed by atoms with Crippen LogP contribution in [-0.4, -0.2) is 11.9 Å². The van der Waals surface area contributed by atoms with Crippen LogP contribution >= 0.6 is 0 Å². The lowest BCUT2D eigenvalue weighted by Gasteiger charge is -2.08. The van der Waals surface area contributed by atoms with Gasteiger partial charge in [-0.05, 0) is 5.92 Å². The Balaban J connectivity index is 3.61. The van der Waals surface area contributed by atoms with E-state index in [4.69, 9.17) is 5.84 Å². The summed E-state index contributed by atoms with van der Waals surface area (Å²) in [5.41, 5.74) is 5.73. The van der Waals surface area contributed by atoms with Crippen molar-refractivity contribution in [1.82, 2.24) is 5.43 Å². The van der Waals surface area contributed by atoms with E-state index < -0.39 is 0 Å². The van der Waals surface area contributed by atoms with Gasteiger partial charge in [0.2, 0.25) is 0 Å². The van der Waals surface area contributed by atoms with Crippen LogP contribution in [-0.2, 0) is 4.79 Å². The Morgan fingerprint density at radius 2 is 2.20 bits per heavy atom. The molecule has 0 rings (SSSR count). The molecule has 0 aromatic heterocycles. The second kappa shape index (κ2) is 4.24. The van der Waals surface area contributed by atoms with Gasteiger partial charge in [-0.3, -0.25) is 10.2 Å². The second-order valence-electron chi connectivity index (χ2n) is 2.84. The third-order valence-corrected chi connectivity index (χ3v) is 1.27. The van der Waals surface area contributed by atoms with Gasteiger partial charge in [0.05, 0.1) is 0 Å². The molecule has 0 bridgehead atoms. The van der Waals surface area contributed by atoms with Gasteiger partial charge >= 0.3 is 0 Å². The highest BCUT2D eigenvalue weighted by atomic mass is 16.2. The molecule has 4 heteroatoms. The molecule has 0 aliphatic heterocycles. The highest BCUT2D eigenvalue weighted by molar-refractivity contribution is 5.79. The lowest BCUT2D eigenvalue weighted by Crippen LogP contribution is -2.68. The Labute approximate surface area is 60.9 Å². The number of carbonyl (C=O) groups is 1. The van der Waals surface area contributed by atoms with Crippen molar-refractivity contribution in [2.75, 3.05) is 0 Å². The summed E-state index contributed by atoms with van der Waals surface area (Å²) in [5.74, 6) is 5.21. The number of hydrogen-bond acceptors (Lipinski definition) is 2. The molecule has 0 saturated heterocycles. The standard InChI is InChI=1S/C6H15N3O/c1-4(2)3-5(7)6(10)9-8/h4-5H,3,7-8H2,1-2H3,(H,9,10)/p+1/t5-/m0/s1. The Hall–Kier alpha value is -0.610. The minimum Gasteiger partial charge on any atom is -0.347 e. The van der Waals surface area contributed by atoms with E-state index in [1.54, 1.807) is 0 Å². The van der Waals surface area contributed by atoms with Gasteiger partial charge in [0, 0.05) is 6.42 Å². The average Bonchev–Trinajstić information content (AvgIpc) is 1.85. The minimum absolute atomic E-state index is 0.186. The predicted molar refractivity (Wildman–Crippen MR) is 38.5 cm³/mol. The maximum absolute atomic E-state index is 10.7. The van der Waals surface area contributed by atoms with Gasteiger partial charge in [0.1, 0.15) is 0 Å². The van der Waals surface area contributed by atoms with Gasteiger partial charge in [-0.1, -0.05) is 13.8 Å². The van der Waals surface area contributed by atoms with E-state index in [1.807, 2.05) is 13.8 Å². The summed E-state index contributed by atoms with van der Waals surface area (Å²) < 4.78 is 0. The van der Waals surface area contributed by atoms with E-state index in [-0.39, 0.29) is 11.9 Å². The molecule has 0 spiro atoms. The van der Waals surface area contributed by atoms with Crippen LogP contribution in [0, 0.1) is 5.92 Å². The highest BCUT2D eigenvalue weighted by Gasteiger charge is 2.16. The predicted octanol–water partition coefficient (Wildman–Crippen LogP) is -1.37. The smallest absolute Gasteiger partial charge is 0.291 e. The molecule has 10 heavy (non-hydrogen) atoms. The molecule has 0 saturated carbocycles. The van der Waals surface area contributed by atoms with Gasteiger partial charge < -0.3 is 5.73 Å². The molecule has 0 aliphatic carbocycles. The first-order valence-corrected chi connectivity index (χ1v) is 3.41. The lowest BCUT2D eigenvalue weighted by molar-refractivity contribution is -0.406. The molecule has 0 aromatic carbocycles. The number of nitrogens with two attached hydrogens (primary N) is 1. The summed E-state index contributed by atoms with van der Waals surface area (Å²) in [6.07, 6.45) is 0.781. The van der Waals surface area contributed by atoms with Crippen molar-refractivity contribution in [3.05, 3.63) is 0 Å². The normalized spacial score (nSPS) is 13.3. The van der Waals surface area contributed by atoms with Crippen LogP contribution in [0.4, 0.5) is 0 Å². The molecular formula is C6H16N3O+. The number of rotatable bonds is 3. The number of hydrazine groups is 1. The molecule has 0 aliphatic rings. The largest absolute Gasteiger partial charge is 0.347 e. The molecule has 0 fully saturated rings. The molecule has 1 atom stereocenters. The Bertz CT molecular complexity index is 114. The number of quaternary nitrogens is 1. The molecule has 0 heterocycles.